The van der Waals surface area contributed by atoms with Gasteiger partial charge in [-0.2, -0.15) is 0 Å². The number of hydrazine groups is 2. The summed E-state index contributed by atoms with van der Waals surface area (Å²) in [5, 5.41) is 13.3. The number of para-hydroxylation sites is 2. The minimum atomic E-state index is -1.25. The molecule has 0 aliphatic carbocycles. The van der Waals surface area contributed by atoms with Gasteiger partial charge in [0.2, 0.25) is 12.0 Å². The van der Waals surface area contributed by atoms with Crippen molar-refractivity contribution in [2.45, 2.75) is 6.23 Å². The molecule has 0 amide bonds. The van der Waals surface area contributed by atoms with Crippen molar-refractivity contribution in [2.24, 2.45) is 0 Å². The first-order chi connectivity index (χ1) is 8.77. The maximum atomic E-state index is 12.1. The lowest BCUT2D eigenvalue weighted by atomic mass is 10.2. The molecule has 1 unspecified atom stereocenters. The van der Waals surface area contributed by atoms with Crippen LogP contribution >= 0.6 is 11.3 Å². The van der Waals surface area contributed by atoms with Crippen LogP contribution in [0.15, 0.2) is 41.8 Å². The molecule has 0 spiro atoms. The smallest absolute Gasteiger partial charge is 0.223 e. The molecule has 3 N–H and O–H groups in total. The number of nitrogens with one attached hydrogen (secondary N) is 2. The van der Waals surface area contributed by atoms with Crippen molar-refractivity contribution in [3.8, 4) is 0 Å². The first-order valence-corrected chi connectivity index (χ1v) is 6.31. The number of benzene rings is 1. The number of ketones is 1. The number of thiophene rings is 1. The van der Waals surface area contributed by atoms with Gasteiger partial charge in [-0.25, -0.2) is 0 Å². The standard InChI is InChI=1S/C12H11N3O2S/c16-11(10-6-3-7-18-10)12(17)15-9-5-2-1-4-8(9)13-14-15/h1-7,12-14,17H. The van der Waals surface area contributed by atoms with E-state index >= 15 is 0 Å². The number of hydrogen-bond acceptors (Lipinski definition) is 6. The highest BCUT2D eigenvalue weighted by Crippen LogP contribution is 2.30. The lowest BCUT2D eigenvalue weighted by molar-refractivity contribution is 0.0731. The molecule has 3 rings (SSSR count). The molecule has 0 fully saturated rings. The van der Waals surface area contributed by atoms with Crippen LogP contribution in [0.4, 0.5) is 11.4 Å². The molecular formula is C12H11N3O2S. The van der Waals surface area contributed by atoms with E-state index in [1.807, 2.05) is 29.6 Å². The van der Waals surface area contributed by atoms with E-state index in [1.54, 1.807) is 12.1 Å². The molecule has 2 heterocycles. The minimum absolute atomic E-state index is 0.323. The summed E-state index contributed by atoms with van der Waals surface area (Å²) in [7, 11) is 0. The highest BCUT2D eigenvalue weighted by molar-refractivity contribution is 7.12. The number of carbonyl (C=O) groups is 1. The van der Waals surface area contributed by atoms with E-state index in [-0.39, 0.29) is 5.78 Å². The van der Waals surface area contributed by atoms with Gasteiger partial charge in [-0.1, -0.05) is 18.2 Å². The van der Waals surface area contributed by atoms with Crippen LogP contribution < -0.4 is 16.0 Å². The number of carbonyl (C=O) groups excluding carboxylic acids is 1. The van der Waals surface area contributed by atoms with Gasteiger partial charge in [0.25, 0.3) is 0 Å². The third-order valence-corrected chi connectivity index (χ3v) is 3.60. The second-order valence-electron chi connectivity index (χ2n) is 3.84. The number of rotatable bonds is 3. The van der Waals surface area contributed by atoms with Crippen molar-refractivity contribution < 1.29 is 9.90 Å². The second-order valence-corrected chi connectivity index (χ2v) is 4.79. The first kappa shape index (κ1) is 11.2. The summed E-state index contributed by atoms with van der Waals surface area (Å²) in [6.45, 7) is 0. The molecule has 0 saturated heterocycles. The number of fused-ring (bicyclic) bond motifs is 1. The van der Waals surface area contributed by atoms with Gasteiger partial charge in [-0.15, -0.1) is 16.9 Å². The van der Waals surface area contributed by atoms with Gasteiger partial charge in [-0.05, 0) is 23.6 Å². The molecule has 0 bridgehead atoms. The maximum absolute atomic E-state index is 12.1. The molecular weight excluding hydrogens is 250 g/mol. The Hall–Kier alpha value is -1.89. The lowest BCUT2D eigenvalue weighted by Gasteiger charge is -2.22. The van der Waals surface area contributed by atoms with Gasteiger partial charge < -0.3 is 10.5 Å². The summed E-state index contributed by atoms with van der Waals surface area (Å²) in [5.74, 6) is -0.323. The fourth-order valence-corrected chi connectivity index (χ4v) is 2.51. The summed E-state index contributed by atoms with van der Waals surface area (Å²) in [6, 6.07) is 10.9. The van der Waals surface area contributed by atoms with E-state index in [2.05, 4.69) is 11.0 Å². The van der Waals surface area contributed by atoms with Crippen molar-refractivity contribution in [3.63, 3.8) is 0 Å². The maximum Gasteiger partial charge on any atom is 0.223 e. The van der Waals surface area contributed by atoms with Crippen molar-refractivity contribution in [1.29, 1.82) is 0 Å². The highest BCUT2D eigenvalue weighted by atomic mass is 32.1. The van der Waals surface area contributed by atoms with Crippen LogP contribution in [-0.4, -0.2) is 17.1 Å². The summed E-state index contributed by atoms with van der Waals surface area (Å²) < 4.78 is 0. The van der Waals surface area contributed by atoms with Crippen molar-refractivity contribution in [1.82, 2.24) is 5.53 Å². The average Bonchev–Trinajstić information content (AvgIpc) is 3.06. The van der Waals surface area contributed by atoms with Crippen molar-refractivity contribution in [2.75, 3.05) is 10.4 Å². The van der Waals surface area contributed by atoms with Gasteiger partial charge in [0.15, 0.2) is 0 Å². The molecule has 1 atom stereocenters. The summed E-state index contributed by atoms with van der Waals surface area (Å²) in [4.78, 5) is 12.6. The molecule has 5 nitrogen and oxygen atoms in total. The predicted molar refractivity (Wildman–Crippen MR) is 70.3 cm³/mol. The number of nitrogens with zero attached hydrogens (tertiary/aromatic N) is 1. The monoisotopic (exact) mass is 261 g/mol. The number of anilines is 2. The number of hydrogen-bond donors (Lipinski definition) is 3. The normalized spacial score (nSPS) is 15.1. The molecule has 92 valence electrons. The summed E-state index contributed by atoms with van der Waals surface area (Å²) in [5.41, 5.74) is 7.25. The zero-order valence-corrected chi connectivity index (χ0v) is 10.1. The molecule has 1 aromatic carbocycles. The number of aliphatic hydroxyl groups is 1. The van der Waals surface area contributed by atoms with Gasteiger partial charge >= 0.3 is 0 Å². The van der Waals surface area contributed by atoms with E-state index in [4.69, 9.17) is 0 Å². The van der Waals surface area contributed by atoms with Gasteiger partial charge in [-0.3, -0.25) is 9.80 Å². The topological polar surface area (TPSA) is 64.6 Å². The molecule has 6 heteroatoms. The SMILES string of the molecule is O=C(c1cccs1)C(O)N1NNc2ccccc21. The lowest BCUT2D eigenvalue weighted by Crippen LogP contribution is -2.48. The number of Topliss-reactive ketones (excluding diaryl/α,β-unsaturated/α-hetero) is 1. The second kappa shape index (κ2) is 4.41. The molecule has 1 aromatic heterocycles. The molecule has 18 heavy (non-hydrogen) atoms. The fraction of sp³-hybridized carbons (Fsp3) is 0.0833. The quantitative estimate of drug-likeness (QED) is 0.732. The Kier molecular flexibility index (Phi) is 2.75. The van der Waals surface area contributed by atoms with Gasteiger partial charge in [0, 0.05) is 0 Å². The molecule has 0 radical (unpaired) electrons. The minimum Gasteiger partial charge on any atom is -0.366 e. The third kappa shape index (κ3) is 1.76. The van der Waals surface area contributed by atoms with Gasteiger partial charge in [0.05, 0.1) is 16.3 Å². The van der Waals surface area contributed by atoms with E-state index in [1.165, 1.54) is 16.3 Å². The number of aliphatic hydroxyl groups excluding tert-OH is 1. The van der Waals surface area contributed by atoms with Gasteiger partial charge in [0.1, 0.15) is 0 Å². The van der Waals surface area contributed by atoms with E-state index in [9.17, 15) is 9.90 Å². The molecule has 1 aliphatic heterocycles. The third-order valence-electron chi connectivity index (χ3n) is 2.72. The highest BCUT2D eigenvalue weighted by Gasteiger charge is 2.30. The molecule has 0 saturated carbocycles. The predicted octanol–water partition coefficient (Wildman–Crippen LogP) is 1.60. The zero-order chi connectivity index (χ0) is 12.5. The molecule has 2 aromatic rings. The molecule has 1 aliphatic rings. The Morgan fingerprint density at radius 1 is 1.28 bits per heavy atom. The van der Waals surface area contributed by atoms with Crippen molar-refractivity contribution >= 4 is 28.5 Å². The fourth-order valence-electron chi connectivity index (χ4n) is 1.83. The Bertz CT molecular complexity index is 570. The first-order valence-electron chi connectivity index (χ1n) is 5.43. The zero-order valence-electron chi connectivity index (χ0n) is 9.33. The van der Waals surface area contributed by atoms with Crippen LogP contribution in [0, 0.1) is 0 Å². The van der Waals surface area contributed by atoms with Crippen molar-refractivity contribution in [3.05, 3.63) is 46.7 Å². The van der Waals surface area contributed by atoms with Crippen LogP contribution in [0.25, 0.3) is 0 Å². The van der Waals surface area contributed by atoms with Crippen LogP contribution in [0.5, 0.6) is 0 Å². The van der Waals surface area contributed by atoms with E-state index in [0.717, 1.165) is 11.4 Å². The Morgan fingerprint density at radius 3 is 2.89 bits per heavy atom. The van der Waals surface area contributed by atoms with E-state index < -0.39 is 6.23 Å². The largest absolute Gasteiger partial charge is 0.366 e. The van der Waals surface area contributed by atoms with Crippen LogP contribution in [0.2, 0.25) is 0 Å². The Labute approximate surface area is 108 Å². The summed E-state index contributed by atoms with van der Waals surface area (Å²) >= 11 is 1.32. The van der Waals surface area contributed by atoms with Crippen LogP contribution in [0.3, 0.4) is 0 Å². The average molecular weight is 261 g/mol. The van der Waals surface area contributed by atoms with E-state index in [0.29, 0.717) is 4.88 Å². The Morgan fingerprint density at radius 2 is 2.11 bits per heavy atom. The summed E-state index contributed by atoms with van der Waals surface area (Å²) in [6.07, 6.45) is -1.25. The van der Waals surface area contributed by atoms with Crippen LogP contribution in [0.1, 0.15) is 9.67 Å². The Balaban J connectivity index is 1.87. The van der Waals surface area contributed by atoms with Crippen LogP contribution in [-0.2, 0) is 0 Å².